The first-order chi connectivity index (χ1) is 17.2. The summed E-state index contributed by atoms with van der Waals surface area (Å²) in [5.74, 6) is -0.219. The monoisotopic (exact) mass is 582 g/mol. The fourth-order valence-electron chi connectivity index (χ4n) is 5.01. The van der Waals surface area contributed by atoms with E-state index in [1.165, 1.54) is 0 Å². The van der Waals surface area contributed by atoms with E-state index < -0.39 is 29.6 Å². The van der Waals surface area contributed by atoms with Crippen LogP contribution in [0.5, 0.6) is 5.75 Å². The highest BCUT2D eigenvalue weighted by Gasteiger charge is 2.55. The number of hydrogen-bond donors (Lipinski definition) is 2. The van der Waals surface area contributed by atoms with Gasteiger partial charge in [-0.05, 0) is 60.2 Å². The minimum Gasteiger partial charge on any atom is -0.492 e. The first kappa shape index (κ1) is 32.1. The molecular formula is C26H32Cl2F4N2O4. The molecular weight excluding hydrogens is 551 g/mol. The average molecular weight is 583 g/mol. The predicted octanol–water partition coefficient (Wildman–Crippen LogP) is 4.82. The van der Waals surface area contributed by atoms with Crippen LogP contribution in [0.4, 0.5) is 17.6 Å². The number of aliphatic carboxylic acids is 1. The summed E-state index contributed by atoms with van der Waals surface area (Å²) >= 11 is 0. The van der Waals surface area contributed by atoms with Gasteiger partial charge in [0.15, 0.2) is 6.10 Å². The Morgan fingerprint density at radius 2 is 1.79 bits per heavy atom. The predicted molar refractivity (Wildman–Crippen MR) is 139 cm³/mol. The molecule has 0 amide bonds. The summed E-state index contributed by atoms with van der Waals surface area (Å²) in [6, 6.07) is 10.2. The van der Waals surface area contributed by atoms with Gasteiger partial charge in [-0.25, -0.2) is 9.18 Å². The zero-order valence-electron chi connectivity index (χ0n) is 20.7. The van der Waals surface area contributed by atoms with Crippen LogP contribution in [0.2, 0.25) is 0 Å². The highest BCUT2D eigenvalue weighted by Crippen LogP contribution is 2.46. The van der Waals surface area contributed by atoms with Crippen molar-refractivity contribution in [1.82, 2.24) is 10.2 Å². The lowest BCUT2D eigenvalue weighted by molar-refractivity contribution is -0.150. The Labute approximate surface area is 231 Å². The van der Waals surface area contributed by atoms with E-state index in [2.05, 4.69) is 5.32 Å². The van der Waals surface area contributed by atoms with Crippen LogP contribution < -0.4 is 10.1 Å². The molecule has 0 bridgehead atoms. The lowest BCUT2D eigenvalue weighted by atomic mass is 10.1. The summed E-state index contributed by atoms with van der Waals surface area (Å²) in [4.78, 5) is 13.2. The Hall–Kier alpha value is -2.11. The first-order valence-corrected chi connectivity index (χ1v) is 12.0. The first-order valence-electron chi connectivity index (χ1n) is 12.0. The van der Waals surface area contributed by atoms with Gasteiger partial charge in [0.2, 0.25) is 0 Å². The van der Waals surface area contributed by atoms with Gasteiger partial charge in [-0.3, -0.25) is 4.90 Å². The molecule has 12 heteroatoms. The molecule has 2 fully saturated rings. The third-order valence-electron chi connectivity index (χ3n) is 6.77. The molecule has 0 aromatic heterocycles. The van der Waals surface area contributed by atoms with Crippen molar-refractivity contribution in [3.63, 3.8) is 0 Å². The number of carboxylic acid groups (broad SMARTS) is 1. The Morgan fingerprint density at radius 1 is 1.13 bits per heavy atom. The van der Waals surface area contributed by atoms with Crippen molar-refractivity contribution in [1.29, 1.82) is 0 Å². The third-order valence-corrected chi connectivity index (χ3v) is 6.77. The molecule has 1 unspecified atom stereocenters. The molecule has 1 aliphatic carbocycles. The zero-order valence-corrected chi connectivity index (χ0v) is 22.4. The summed E-state index contributed by atoms with van der Waals surface area (Å²) in [5, 5.41) is 12.6. The number of nitrogens with one attached hydrogen (secondary N) is 1. The van der Waals surface area contributed by atoms with Gasteiger partial charge >= 0.3 is 12.1 Å². The van der Waals surface area contributed by atoms with E-state index in [9.17, 15) is 27.5 Å². The number of benzene rings is 2. The van der Waals surface area contributed by atoms with Crippen molar-refractivity contribution < 1.29 is 36.9 Å². The topological polar surface area (TPSA) is 71.0 Å². The van der Waals surface area contributed by atoms with Gasteiger partial charge in [0.25, 0.3) is 0 Å². The molecule has 1 heterocycles. The molecule has 2 aliphatic rings. The normalized spacial score (nSPS) is 21.1. The summed E-state index contributed by atoms with van der Waals surface area (Å²) < 4.78 is 64.2. The largest absolute Gasteiger partial charge is 0.492 e. The summed E-state index contributed by atoms with van der Waals surface area (Å²) in [6.45, 7) is 4.61. The highest BCUT2D eigenvalue weighted by atomic mass is 35.5. The number of likely N-dealkylation sites (tertiary alicyclic amines) is 1. The summed E-state index contributed by atoms with van der Waals surface area (Å²) in [5.41, 5.74) is 0.0432. The Bertz CT molecular complexity index is 1050. The fraction of sp³-hybridized carbons (Fsp3) is 0.500. The molecule has 212 valence electrons. The second kappa shape index (κ2) is 13.8. The second-order valence-corrected chi connectivity index (χ2v) is 9.28. The van der Waals surface area contributed by atoms with Crippen molar-refractivity contribution in [2.75, 3.05) is 32.8 Å². The SMILES string of the molecule is CCO[C@@H](Cc1ccc(OCCN[C@H]2C3CN(Cc4cc(F)ccc4C(F)(F)F)C[C@@H]32)cc1)C(=O)O.Cl.Cl. The quantitative estimate of drug-likeness (QED) is 0.276. The number of alkyl halides is 3. The fourth-order valence-corrected chi connectivity index (χ4v) is 5.01. The molecule has 1 saturated carbocycles. The number of halogens is 6. The van der Waals surface area contributed by atoms with Crippen molar-refractivity contribution in [3.8, 4) is 5.75 Å². The van der Waals surface area contributed by atoms with Crippen molar-refractivity contribution in [3.05, 3.63) is 65.0 Å². The van der Waals surface area contributed by atoms with Gasteiger partial charge < -0.3 is 19.9 Å². The minimum atomic E-state index is -4.50. The van der Waals surface area contributed by atoms with Gasteiger partial charge in [-0.2, -0.15) is 13.2 Å². The number of nitrogens with zero attached hydrogens (tertiary/aromatic N) is 1. The third kappa shape index (κ3) is 8.19. The number of hydrogen-bond acceptors (Lipinski definition) is 5. The van der Waals surface area contributed by atoms with E-state index in [1.54, 1.807) is 19.1 Å². The van der Waals surface area contributed by atoms with Gasteiger partial charge in [-0.15, -0.1) is 24.8 Å². The molecule has 4 atom stereocenters. The molecule has 4 rings (SSSR count). The molecule has 1 aliphatic heterocycles. The smallest absolute Gasteiger partial charge is 0.416 e. The maximum Gasteiger partial charge on any atom is 0.416 e. The second-order valence-electron chi connectivity index (χ2n) is 9.28. The molecule has 0 spiro atoms. The average Bonchev–Trinajstić information content (AvgIpc) is 3.26. The van der Waals surface area contributed by atoms with Crippen molar-refractivity contribution >= 4 is 30.8 Å². The number of piperidine rings is 1. The highest BCUT2D eigenvalue weighted by molar-refractivity contribution is 5.85. The lowest BCUT2D eigenvalue weighted by Gasteiger charge is -2.22. The molecule has 2 aromatic carbocycles. The van der Waals surface area contributed by atoms with Crippen LogP contribution >= 0.6 is 24.8 Å². The van der Waals surface area contributed by atoms with E-state index in [0.717, 1.165) is 23.8 Å². The van der Waals surface area contributed by atoms with E-state index in [4.69, 9.17) is 9.47 Å². The van der Waals surface area contributed by atoms with Gasteiger partial charge in [0.05, 0.1) is 5.56 Å². The number of carbonyl (C=O) groups is 1. The summed E-state index contributed by atoms with van der Waals surface area (Å²) in [7, 11) is 0. The Morgan fingerprint density at radius 3 is 2.37 bits per heavy atom. The van der Waals surface area contributed by atoms with E-state index in [1.807, 2.05) is 17.0 Å². The molecule has 38 heavy (non-hydrogen) atoms. The maximum atomic E-state index is 13.5. The number of fused-ring (bicyclic) bond motifs is 1. The molecule has 6 nitrogen and oxygen atoms in total. The van der Waals surface area contributed by atoms with Crippen LogP contribution in [0.25, 0.3) is 0 Å². The molecule has 1 saturated heterocycles. The Balaban J connectivity index is 0.00000253. The van der Waals surface area contributed by atoms with Crippen molar-refractivity contribution in [2.45, 2.75) is 38.2 Å². The van der Waals surface area contributed by atoms with E-state index in [-0.39, 0.29) is 43.3 Å². The van der Waals surface area contributed by atoms with Crippen LogP contribution in [0.3, 0.4) is 0 Å². The Kier molecular flexibility index (Phi) is 11.7. The zero-order chi connectivity index (χ0) is 25.9. The molecule has 0 radical (unpaired) electrons. The maximum absolute atomic E-state index is 13.5. The molecule has 2 N–H and O–H groups in total. The van der Waals surface area contributed by atoms with Gasteiger partial charge in [-0.1, -0.05) is 12.1 Å². The van der Waals surface area contributed by atoms with E-state index in [0.29, 0.717) is 56.5 Å². The minimum absolute atomic E-state index is 0. The van der Waals surface area contributed by atoms with Gasteiger partial charge in [0.1, 0.15) is 18.2 Å². The van der Waals surface area contributed by atoms with Crippen LogP contribution in [-0.2, 0) is 28.7 Å². The van der Waals surface area contributed by atoms with Crippen LogP contribution in [0.15, 0.2) is 42.5 Å². The van der Waals surface area contributed by atoms with Gasteiger partial charge in [0, 0.05) is 45.2 Å². The number of ether oxygens (including phenoxy) is 2. The van der Waals surface area contributed by atoms with E-state index >= 15 is 0 Å². The number of carboxylic acids is 1. The number of rotatable bonds is 12. The summed E-state index contributed by atoms with van der Waals surface area (Å²) in [6.07, 6.45) is -5.09. The van der Waals surface area contributed by atoms with Crippen LogP contribution in [0.1, 0.15) is 23.6 Å². The molecule has 2 aromatic rings. The lowest BCUT2D eigenvalue weighted by Crippen LogP contribution is -2.33. The van der Waals surface area contributed by atoms with Crippen molar-refractivity contribution in [2.24, 2.45) is 11.8 Å². The standard InChI is InChI=1S/C26H30F4N2O4.2ClH/c1-2-35-23(25(33)34)11-16-3-6-19(7-4-16)36-10-9-31-24-20-14-32(15-21(20)24)13-17-12-18(27)5-8-22(17)26(28,29)30;;/h3-8,12,20-21,23-24,31H,2,9-11,13-15H2,1H3,(H,33,34);2*1H/t20-,21?,23-,24+;;/m0../s1. The van der Waals surface area contributed by atoms with Crippen LogP contribution in [-0.4, -0.2) is 61.0 Å². The van der Waals surface area contributed by atoms with Crippen LogP contribution in [0, 0.1) is 17.7 Å².